The summed E-state index contributed by atoms with van der Waals surface area (Å²) in [5.41, 5.74) is 14.5. The van der Waals surface area contributed by atoms with Gasteiger partial charge in [0, 0.05) is 12.8 Å². The molecule has 0 saturated carbocycles. The fraction of sp³-hybridized carbons (Fsp3) is 0.318. The van der Waals surface area contributed by atoms with Gasteiger partial charge in [0.2, 0.25) is 0 Å². The van der Waals surface area contributed by atoms with Crippen LogP contribution in [-0.2, 0) is 0 Å². The molecule has 0 heterocycles. The molecule has 0 spiro atoms. The first-order valence-corrected chi connectivity index (χ1v) is 19.1. The Kier molecular flexibility index (Phi) is 8.46. The number of allylic oxidation sites excluding steroid dienone is 2. The Bertz CT molecular complexity index is 1660. The van der Waals surface area contributed by atoms with E-state index in [1.54, 1.807) is 10.4 Å². The molecule has 4 aromatic carbocycles. The minimum absolute atomic E-state index is 0.419. The number of fused-ring (bicyclic) bond motifs is 2. The number of hydrogen-bond donors (Lipinski definition) is 0. The van der Waals surface area contributed by atoms with Crippen LogP contribution in [0, 0.1) is 12.8 Å². The third kappa shape index (κ3) is 5.12. The van der Waals surface area contributed by atoms with Crippen molar-refractivity contribution in [2.75, 3.05) is 0 Å². The van der Waals surface area contributed by atoms with E-state index in [0.29, 0.717) is 23.7 Å². The van der Waals surface area contributed by atoms with Crippen molar-refractivity contribution < 1.29 is 0 Å². The molecule has 6 rings (SSSR count). The molecule has 0 atom stereocenters. The van der Waals surface area contributed by atoms with Crippen molar-refractivity contribution in [1.82, 2.24) is 0 Å². The molecule has 0 amide bonds. The van der Waals surface area contributed by atoms with Crippen molar-refractivity contribution in [2.45, 2.75) is 92.9 Å². The van der Waals surface area contributed by atoms with Crippen LogP contribution < -0.4 is 10.4 Å². The van der Waals surface area contributed by atoms with Gasteiger partial charge in [0.1, 0.15) is 0 Å². The lowest BCUT2D eigenvalue weighted by Crippen LogP contribution is -2.61. The van der Waals surface area contributed by atoms with Gasteiger partial charge in [-0.1, -0.05) is 151 Å². The summed E-state index contributed by atoms with van der Waals surface area (Å²) in [6.07, 6.45) is 5.02. The molecule has 0 fully saturated rings. The normalized spacial score (nSPS) is 14.9. The van der Waals surface area contributed by atoms with Gasteiger partial charge in [0.05, 0.1) is 0 Å². The summed E-state index contributed by atoms with van der Waals surface area (Å²) in [6, 6.07) is 33.2. The highest BCUT2D eigenvalue weighted by atomic mass is 28.3. The van der Waals surface area contributed by atoms with E-state index in [4.69, 9.17) is 0 Å². The lowest BCUT2D eigenvalue weighted by molar-refractivity contribution is 0.830. The second-order valence-electron chi connectivity index (χ2n) is 14.7. The van der Waals surface area contributed by atoms with Gasteiger partial charge in [0.15, 0.2) is 8.07 Å². The summed E-state index contributed by atoms with van der Waals surface area (Å²) in [5, 5.41) is 6.08. The average Bonchev–Trinajstić information content (AvgIpc) is 3.53. The van der Waals surface area contributed by atoms with E-state index in [-0.39, 0.29) is 0 Å². The van der Waals surface area contributed by atoms with Crippen LogP contribution in [-0.4, -0.2) is 8.07 Å². The number of benzene rings is 4. The Balaban J connectivity index is 1.81. The third-order valence-corrected chi connectivity index (χ3v) is 15.4. The van der Waals surface area contributed by atoms with E-state index in [1.807, 2.05) is 0 Å². The monoisotopic (exact) mass is 606 g/mol. The van der Waals surface area contributed by atoms with Crippen molar-refractivity contribution in [3.05, 3.63) is 153 Å². The van der Waals surface area contributed by atoms with Gasteiger partial charge < -0.3 is 0 Å². The zero-order chi connectivity index (χ0) is 32.2. The second-order valence-corrected chi connectivity index (χ2v) is 18.3. The third-order valence-electron chi connectivity index (χ3n) is 10.2. The van der Waals surface area contributed by atoms with Gasteiger partial charge in [-0.2, -0.15) is 0 Å². The molecule has 4 aromatic rings. The largest absolute Gasteiger partial charge is 0.180 e. The molecule has 2 aliphatic carbocycles. The molecule has 2 radical (unpaired) electrons. The molecule has 0 saturated heterocycles. The molecule has 2 aliphatic rings. The van der Waals surface area contributed by atoms with Gasteiger partial charge in [-0.05, 0) is 103 Å². The molecule has 0 aliphatic heterocycles. The molecular weight excluding hydrogens is 557 g/mol. The predicted octanol–water partition coefficient (Wildman–Crippen LogP) is 10.9. The zero-order valence-electron chi connectivity index (χ0n) is 29.0. The molecule has 0 unspecified atom stereocenters. The molecule has 1 heteroatoms. The Morgan fingerprint density at radius 3 is 1.11 bits per heavy atom. The topological polar surface area (TPSA) is 0 Å². The first-order chi connectivity index (χ1) is 21.5. The minimum Gasteiger partial charge on any atom is -0.0639 e. The quantitative estimate of drug-likeness (QED) is 0.175. The minimum atomic E-state index is -2.86. The van der Waals surface area contributed by atoms with E-state index < -0.39 is 8.07 Å². The van der Waals surface area contributed by atoms with Crippen LogP contribution in [0.5, 0.6) is 0 Å². The van der Waals surface area contributed by atoms with Gasteiger partial charge in [-0.15, -0.1) is 0 Å². The fourth-order valence-corrected chi connectivity index (χ4v) is 13.8. The second kappa shape index (κ2) is 12.1. The Morgan fingerprint density at radius 1 is 0.444 bits per heavy atom. The molecule has 0 bridgehead atoms. The molecule has 0 aromatic heterocycles. The lowest BCUT2D eigenvalue weighted by Gasteiger charge is -2.40. The van der Waals surface area contributed by atoms with Gasteiger partial charge in [-0.25, -0.2) is 0 Å². The highest BCUT2D eigenvalue weighted by molar-refractivity contribution is 7.26. The van der Waals surface area contributed by atoms with Crippen LogP contribution in [0.4, 0.5) is 0 Å². The standard InChI is InChI=1S/C44H50Si/c1-27(2)33-23-35-21-31(9)43(41(35)39(25-33)29(5)6)45(37-17-13-11-14-18-37,38-19-15-12-16-20-38)44-32(10)22-36-24-34(28(3)4)26-40(30(7)8)42(36)44/h11-30H,1-10H3. The van der Waals surface area contributed by atoms with Gasteiger partial charge >= 0.3 is 0 Å². The molecular formula is C44H50Si. The van der Waals surface area contributed by atoms with Gasteiger partial charge in [-0.3, -0.25) is 0 Å². The SMILES string of the molecule is CC1=C([Si](C2=C(C)[CH]c3cc(C(C)C)cc(C(C)C)c32)(c2ccccc2)c2ccccc2)c2c(cc(C(C)C)cc2C(C)C)[CH]1. The Labute approximate surface area is 274 Å². The van der Waals surface area contributed by atoms with Crippen LogP contribution in [0.2, 0.25) is 0 Å². The van der Waals surface area contributed by atoms with Crippen LogP contribution in [0.15, 0.2) is 96.1 Å². The van der Waals surface area contributed by atoms with Crippen LogP contribution in [0.1, 0.15) is 137 Å². The zero-order valence-corrected chi connectivity index (χ0v) is 30.0. The fourth-order valence-electron chi connectivity index (χ4n) is 8.02. The molecule has 230 valence electrons. The van der Waals surface area contributed by atoms with E-state index in [0.717, 1.165) is 0 Å². The highest BCUT2D eigenvalue weighted by Gasteiger charge is 2.52. The average molecular weight is 607 g/mol. The summed E-state index contributed by atoms with van der Waals surface area (Å²) < 4.78 is 0. The summed E-state index contributed by atoms with van der Waals surface area (Å²) in [6.45, 7) is 23.6. The maximum absolute atomic E-state index is 2.86. The Hall–Kier alpha value is -3.42. The summed E-state index contributed by atoms with van der Waals surface area (Å²) in [5.74, 6) is 1.81. The first-order valence-electron chi connectivity index (χ1n) is 17.1. The first kappa shape index (κ1) is 31.6. The molecule has 0 nitrogen and oxygen atoms in total. The van der Waals surface area contributed by atoms with Crippen molar-refractivity contribution in [3.63, 3.8) is 0 Å². The number of rotatable bonds is 8. The Morgan fingerprint density at radius 2 is 0.800 bits per heavy atom. The summed E-state index contributed by atoms with van der Waals surface area (Å²) in [4.78, 5) is 0. The lowest BCUT2D eigenvalue weighted by atomic mass is 9.89. The van der Waals surface area contributed by atoms with Crippen molar-refractivity contribution in [1.29, 1.82) is 0 Å². The number of hydrogen-bond acceptors (Lipinski definition) is 0. The predicted molar refractivity (Wildman–Crippen MR) is 199 cm³/mol. The van der Waals surface area contributed by atoms with Crippen LogP contribution in [0.25, 0.3) is 10.4 Å². The summed E-state index contributed by atoms with van der Waals surface area (Å²) >= 11 is 0. The molecule has 45 heavy (non-hydrogen) atoms. The van der Waals surface area contributed by atoms with Gasteiger partial charge in [0.25, 0.3) is 0 Å². The van der Waals surface area contributed by atoms with Crippen molar-refractivity contribution in [2.24, 2.45) is 0 Å². The highest BCUT2D eigenvalue weighted by Crippen LogP contribution is 2.53. The van der Waals surface area contributed by atoms with Crippen LogP contribution >= 0.6 is 0 Å². The maximum Gasteiger partial charge on any atom is 0.180 e. The maximum atomic E-state index is 2.53. The van der Waals surface area contributed by atoms with E-state index >= 15 is 0 Å². The van der Waals surface area contributed by atoms with E-state index in [2.05, 4.69) is 167 Å². The summed E-state index contributed by atoms with van der Waals surface area (Å²) in [7, 11) is -2.86. The van der Waals surface area contributed by atoms with Crippen molar-refractivity contribution in [3.8, 4) is 0 Å². The molecule has 0 N–H and O–H groups in total. The van der Waals surface area contributed by atoms with E-state index in [9.17, 15) is 0 Å². The smallest absolute Gasteiger partial charge is 0.0639 e. The van der Waals surface area contributed by atoms with Crippen molar-refractivity contribution >= 4 is 28.8 Å². The van der Waals surface area contributed by atoms with E-state index in [1.165, 1.54) is 66.0 Å². The van der Waals surface area contributed by atoms with Crippen LogP contribution in [0.3, 0.4) is 0 Å².